The van der Waals surface area contributed by atoms with Crippen molar-refractivity contribution in [2.75, 3.05) is 19.8 Å². The second kappa shape index (κ2) is 13.2. The first kappa shape index (κ1) is 29.3. The number of alkyl halides is 2. The van der Waals surface area contributed by atoms with Gasteiger partial charge in [-0.3, -0.25) is 4.99 Å². The molecule has 2 aromatic rings. The number of allylic oxidation sites excluding steroid dienone is 5. The Kier molecular flexibility index (Phi) is 9.19. The summed E-state index contributed by atoms with van der Waals surface area (Å²) in [4.78, 5) is 13.5. The zero-order chi connectivity index (χ0) is 29.6. The molecule has 3 aliphatic heterocycles. The second-order valence-electron chi connectivity index (χ2n) is 10.1. The van der Waals surface area contributed by atoms with Gasteiger partial charge in [0.2, 0.25) is 0 Å². The van der Waals surface area contributed by atoms with Gasteiger partial charge >= 0.3 is 6.61 Å². The van der Waals surface area contributed by atoms with Crippen molar-refractivity contribution < 1.29 is 31.8 Å². The van der Waals surface area contributed by atoms with Crippen molar-refractivity contribution in [3.8, 4) is 11.5 Å². The number of benzene rings is 2. The molecular formula is C32H31F4N3O3. The third kappa shape index (κ3) is 6.80. The van der Waals surface area contributed by atoms with E-state index < -0.39 is 18.2 Å². The van der Waals surface area contributed by atoms with Crippen LogP contribution < -0.4 is 9.47 Å². The third-order valence-corrected chi connectivity index (χ3v) is 7.19. The van der Waals surface area contributed by atoms with Gasteiger partial charge in [0.15, 0.2) is 29.0 Å². The van der Waals surface area contributed by atoms with E-state index in [2.05, 4.69) is 19.7 Å². The third-order valence-electron chi connectivity index (χ3n) is 7.19. The highest BCUT2D eigenvalue weighted by Crippen LogP contribution is 2.36. The number of aliphatic imine (C=N–C) groups is 3. The van der Waals surface area contributed by atoms with Crippen LogP contribution in [0.3, 0.4) is 0 Å². The van der Waals surface area contributed by atoms with Gasteiger partial charge in [-0.05, 0) is 74.1 Å². The number of hydrogen-bond acceptors (Lipinski definition) is 6. The molecule has 0 fully saturated rings. The summed E-state index contributed by atoms with van der Waals surface area (Å²) in [5.41, 5.74) is 4.02. The summed E-state index contributed by atoms with van der Waals surface area (Å²) in [5.74, 6) is -0.548. The van der Waals surface area contributed by atoms with Crippen LogP contribution in [-0.4, -0.2) is 44.1 Å². The number of amidine groups is 1. The first-order valence-electron chi connectivity index (χ1n) is 13.9. The van der Waals surface area contributed by atoms with Crippen LogP contribution in [0, 0.1) is 17.6 Å². The molecule has 5 rings (SSSR count). The summed E-state index contributed by atoms with van der Waals surface area (Å²) < 4.78 is 70.1. The van der Waals surface area contributed by atoms with Crippen LogP contribution in [0.4, 0.5) is 17.6 Å². The highest BCUT2D eigenvalue weighted by atomic mass is 19.3. The fraction of sp³-hybridized carbons (Fsp3) is 0.344. The summed E-state index contributed by atoms with van der Waals surface area (Å²) in [7, 11) is 0. The van der Waals surface area contributed by atoms with Crippen LogP contribution in [0.15, 0.2) is 80.6 Å². The molecule has 0 spiro atoms. The lowest BCUT2D eigenvalue weighted by Crippen LogP contribution is -2.09. The molecule has 10 heteroatoms. The van der Waals surface area contributed by atoms with Crippen LogP contribution in [-0.2, 0) is 4.74 Å². The van der Waals surface area contributed by atoms with Crippen LogP contribution >= 0.6 is 0 Å². The van der Waals surface area contributed by atoms with Gasteiger partial charge in [0.25, 0.3) is 0 Å². The average Bonchev–Trinajstić information content (AvgIpc) is 3.29. The molecule has 0 saturated heterocycles. The van der Waals surface area contributed by atoms with Crippen molar-refractivity contribution in [1.82, 2.24) is 0 Å². The van der Waals surface area contributed by atoms with Gasteiger partial charge in [0, 0.05) is 25.6 Å². The smallest absolute Gasteiger partial charge is 0.387 e. The zero-order valence-electron chi connectivity index (χ0n) is 23.4. The fourth-order valence-electron chi connectivity index (χ4n) is 5.08. The number of hydrogen-bond donors (Lipinski definition) is 0. The maximum atomic E-state index is 14.3. The Morgan fingerprint density at radius 2 is 1.95 bits per heavy atom. The Balaban J connectivity index is 1.32. The van der Waals surface area contributed by atoms with Gasteiger partial charge < -0.3 is 14.2 Å². The van der Waals surface area contributed by atoms with Gasteiger partial charge in [0.05, 0.1) is 30.2 Å². The van der Waals surface area contributed by atoms with Gasteiger partial charge in [-0.25, -0.2) is 18.8 Å². The highest BCUT2D eigenvalue weighted by molar-refractivity contribution is 6.42. The first-order chi connectivity index (χ1) is 20.3. The topological polar surface area (TPSA) is 64.8 Å². The van der Waals surface area contributed by atoms with Crippen molar-refractivity contribution in [3.05, 3.63) is 88.3 Å². The largest absolute Gasteiger partial charge is 0.498 e. The summed E-state index contributed by atoms with van der Waals surface area (Å²) in [6, 6.07) is 8.91. The van der Waals surface area contributed by atoms with Crippen molar-refractivity contribution in [2.45, 2.75) is 46.1 Å². The van der Waals surface area contributed by atoms with Crippen molar-refractivity contribution in [2.24, 2.45) is 20.9 Å². The predicted molar refractivity (Wildman–Crippen MR) is 155 cm³/mol. The molecule has 42 heavy (non-hydrogen) atoms. The molecule has 0 saturated carbocycles. The molecule has 6 nitrogen and oxygen atoms in total. The number of fused-ring (bicyclic) bond motifs is 1. The molecule has 0 radical (unpaired) electrons. The Hall–Kier alpha value is -4.21. The molecule has 0 amide bonds. The maximum absolute atomic E-state index is 14.3. The molecule has 0 aromatic heterocycles. The molecular weight excluding hydrogens is 550 g/mol. The van der Waals surface area contributed by atoms with Crippen LogP contribution in [0.1, 0.15) is 50.7 Å². The molecule has 2 aromatic carbocycles. The molecule has 3 heterocycles. The Labute approximate surface area is 241 Å². The number of rotatable bonds is 8. The van der Waals surface area contributed by atoms with Crippen molar-refractivity contribution in [1.29, 1.82) is 0 Å². The molecule has 1 unspecified atom stereocenters. The molecule has 0 bridgehead atoms. The van der Waals surface area contributed by atoms with Crippen LogP contribution in [0.2, 0.25) is 0 Å². The van der Waals surface area contributed by atoms with E-state index >= 15 is 0 Å². The second-order valence-corrected chi connectivity index (χ2v) is 10.1. The first-order valence-corrected chi connectivity index (χ1v) is 13.9. The minimum absolute atomic E-state index is 0.00705. The minimum Gasteiger partial charge on any atom is -0.498 e. The fourth-order valence-corrected chi connectivity index (χ4v) is 5.08. The predicted octanol–water partition coefficient (Wildman–Crippen LogP) is 7.70. The quantitative estimate of drug-likeness (QED) is 0.300. The standard InChI is InChI=1S/C32H31F4N3O3/c1-3-40-29-15-21(10-11-28(29)42-32(35)36)24-16-22(41-13-12-19(24)2)14-20-6-4-9-26-27(18-37-17-20)39-31(38-26)23-7-5-8-25(33)30(23)34/h5,7-11,15-16,18,20,32H,3-4,6,12-14,17H2,1-2H3. The Bertz CT molecular complexity index is 1520. The maximum Gasteiger partial charge on any atom is 0.387 e. The molecule has 1 atom stereocenters. The van der Waals surface area contributed by atoms with Gasteiger partial charge in [0.1, 0.15) is 5.71 Å². The van der Waals surface area contributed by atoms with E-state index in [1.807, 2.05) is 19.1 Å². The zero-order valence-corrected chi connectivity index (χ0v) is 23.4. The summed E-state index contributed by atoms with van der Waals surface area (Å²) in [5, 5.41) is 0. The summed E-state index contributed by atoms with van der Waals surface area (Å²) in [6.07, 6.45) is 8.47. The summed E-state index contributed by atoms with van der Waals surface area (Å²) in [6.45, 7) is 2.23. The number of ether oxygens (including phenoxy) is 3. The van der Waals surface area contributed by atoms with E-state index in [0.29, 0.717) is 44.0 Å². The monoisotopic (exact) mass is 581 g/mol. The van der Waals surface area contributed by atoms with Gasteiger partial charge in [-0.2, -0.15) is 8.78 Å². The van der Waals surface area contributed by atoms with Crippen molar-refractivity contribution >= 4 is 23.3 Å². The Morgan fingerprint density at radius 3 is 2.76 bits per heavy atom. The lowest BCUT2D eigenvalue weighted by molar-refractivity contribution is -0.0514. The van der Waals surface area contributed by atoms with E-state index in [-0.39, 0.29) is 28.8 Å². The lowest BCUT2D eigenvalue weighted by Gasteiger charge is -2.17. The normalized spacial score (nSPS) is 19.0. The molecule has 3 aliphatic rings. The van der Waals surface area contributed by atoms with Crippen LogP contribution in [0.5, 0.6) is 11.5 Å². The van der Waals surface area contributed by atoms with Crippen LogP contribution in [0.25, 0.3) is 5.57 Å². The molecule has 220 valence electrons. The number of nitrogens with zero attached hydrogens (tertiary/aromatic N) is 3. The van der Waals surface area contributed by atoms with E-state index in [9.17, 15) is 17.6 Å². The summed E-state index contributed by atoms with van der Waals surface area (Å²) >= 11 is 0. The van der Waals surface area contributed by atoms with E-state index in [1.165, 1.54) is 18.2 Å². The number of halogens is 4. The van der Waals surface area contributed by atoms with Crippen molar-refractivity contribution in [3.63, 3.8) is 0 Å². The lowest BCUT2D eigenvalue weighted by atomic mass is 9.94. The van der Waals surface area contributed by atoms with E-state index in [0.717, 1.165) is 41.4 Å². The van der Waals surface area contributed by atoms with Gasteiger partial charge in [-0.1, -0.05) is 23.8 Å². The van der Waals surface area contributed by atoms with E-state index in [1.54, 1.807) is 25.3 Å². The SMILES string of the molecule is CCOc1cc(C2=C(C)CCOC(CC3CCC=C4N=C(c5cccc(F)c5F)N=C4C=NC3)=C2)ccc1OC(F)F. The van der Waals surface area contributed by atoms with E-state index in [4.69, 9.17) is 9.47 Å². The molecule has 0 aliphatic carbocycles. The minimum atomic E-state index is -2.95. The Morgan fingerprint density at radius 1 is 1.10 bits per heavy atom. The molecule has 0 N–H and O–H groups in total. The average molecular weight is 582 g/mol. The van der Waals surface area contributed by atoms with Gasteiger partial charge in [-0.15, -0.1) is 0 Å². The highest BCUT2D eigenvalue weighted by Gasteiger charge is 2.23.